The molecule has 0 unspecified atom stereocenters. The Morgan fingerprint density at radius 2 is 2.10 bits per heavy atom. The zero-order chi connectivity index (χ0) is 14.7. The van der Waals surface area contributed by atoms with E-state index in [2.05, 4.69) is 26.3 Å². The lowest BCUT2D eigenvalue weighted by atomic mass is 10.4. The molecule has 0 bridgehead atoms. The summed E-state index contributed by atoms with van der Waals surface area (Å²) in [6, 6.07) is 0. The van der Waals surface area contributed by atoms with Crippen LogP contribution in [0.1, 0.15) is 32.1 Å². The van der Waals surface area contributed by atoms with E-state index < -0.39 is 0 Å². The molecule has 0 atom stereocenters. The second-order valence-corrected chi connectivity index (χ2v) is 6.89. The Morgan fingerprint density at radius 3 is 2.81 bits per heavy atom. The molecule has 21 heavy (non-hydrogen) atoms. The molecule has 2 aliphatic carbocycles. The third-order valence-corrected chi connectivity index (χ3v) is 4.71. The molecule has 0 spiro atoms. The van der Waals surface area contributed by atoms with Gasteiger partial charge in [0.05, 0.1) is 11.9 Å². The van der Waals surface area contributed by atoms with E-state index in [-0.39, 0.29) is 5.56 Å². The van der Waals surface area contributed by atoms with E-state index in [1.54, 1.807) is 10.9 Å². The predicted octanol–water partition coefficient (Wildman–Crippen LogP) is 2.64. The fraction of sp³-hybridized carbons (Fsp3) is 0.733. The lowest BCUT2D eigenvalue weighted by Crippen LogP contribution is -2.25. The van der Waals surface area contributed by atoms with E-state index in [1.165, 1.54) is 25.7 Å². The lowest BCUT2D eigenvalue weighted by Gasteiger charge is -2.10. The van der Waals surface area contributed by atoms with Gasteiger partial charge in [0, 0.05) is 26.3 Å². The molecule has 0 aliphatic heterocycles. The quantitative estimate of drug-likeness (QED) is 0.691. The van der Waals surface area contributed by atoms with Crippen molar-refractivity contribution in [1.29, 1.82) is 0 Å². The Hall–Kier alpha value is -0.880. The van der Waals surface area contributed by atoms with Crippen LogP contribution in [0.3, 0.4) is 0 Å². The standard InChI is InChI=1S/C15H22BrN3O2/c16-14-13(17-6-1-7-21-10-12-4-5-12)8-18-19(15(14)20)9-11-2-3-11/h8,11-12,17H,1-7,9-10H2. The molecule has 2 saturated carbocycles. The van der Waals surface area contributed by atoms with Gasteiger partial charge in [0.2, 0.25) is 0 Å². The summed E-state index contributed by atoms with van der Waals surface area (Å²) < 4.78 is 7.73. The summed E-state index contributed by atoms with van der Waals surface area (Å²) in [6.45, 7) is 3.21. The van der Waals surface area contributed by atoms with Gasteiger partial charge in [0.15, 0.2) is 0 Å². The van der Waals surface area contributed by atoms with Crippen molar-refractivity contribution in [1.82, 2.24) is 9.78 Å². The summed E-state index contributed by atoms with van der Waals surface area (Å²) in [6.07, 6.45) is 7.75. The van der Waals surface area contributed by atoms with Crippen LogP contribution < -0.4 is 10.9 Å². The highest BCUT2D eigenvalue weighted by Gasteiger charge is 2.23. The molecule has 5 nitrogen and oxygen atoms in total. The Morgan fingerprint density at radius 1 is 1.33 bits per heavy atom. The van der Waals surface area contributed by atoms with E-state index in [4.69, 9.17) is 4.74 Å². The fourth-order valence-corrected chi connectivity index (χ4v) is 2.64. The Bertz CT molecular complexity index is 538. The third-order valence-electron chi connectivity index (χ3n) is 3.94. The topological polar surface area (TPSA) is 56.1 Å². The van der Waals surface area contributed by atoms with Gasteiger partial charge in [-0.2, -0.15) is 5.10 Å². The lowest BCUT2D eigenvalue weighted by molar-refractivity contribution is 0.124. The number of rotatable bonds is 9. The second kappa shape index (κ2) is 6.92. The van der Waals surface area contributed by atoms with Crippen LogP contribution in [0.2, 0.25) is 0 Å². The number of hydrogen-bond acceptors (Lipinski definition) is 4. The summed E-state index contributed by atoms with van der Waals surface area (Å²) in [5.74, 6) is 1.46. The number of ether oxygens (including phenoxy) is 1. The van der Waals surface area contributed by atoms with E-state index >= 15 is 0 Å². The van der Waals surface area contributed by atoms with Gasteiger partial charge in [0.1, 0.15) is 4.47 Å². The molecular weight excluding hydrogens is 334 g/mol. The highest BCUT2D eigenvalue weighted by Crippen LogP contribution is 2.30. The average molecular weight is 356 g/mol. The van der Waals surface area contributed by atoms with Crippen LogP contribution in [0.15, 0.2) is 15.5 Å². The van der Waals surface area contributed by atoms with E-state index in [0.29, 0.717) is 10.4 Å². The van der Waals surface area contributed by atoms with Crippen LogP contribution in [-0.4, -0.2) is 29.5 Å². The summed E-state index contributed by atoms with van der Waals surface area (Å²) in [5, 5.41) is 7.50. The first-order chi connectivity index (χ1) is 10.2. The molecule has 0 saturated heterocycles. The maximum absolute atomic E-state index is 12.2. The smallest absolute Gasteiger partial charge is 0.283 e. The van der Waals surface area contributed by atoms with Crippen LogP contribution in [0, 0.1) is 11.8 Å². The number of aromatic nitrogens is 2. The van der Waals surface area contributed by atoms with Gasteiger partial charge in [-0.3, -0.25) is 4.79 Å². The number of anilines is 1. The number of hydrogen-bond donors (Lipinski definition) is 1. The molecule has 0 amide bonds. The largest absolute Gasteiger partial charge is 0.383 e. The molecule has 6 heteroatoms. The number of nitrogens with zero attached hydrogens (tertiary/aromatic N) is 2. The fourth-order valence-electron chi connectivity index (χ4n) is 2.20. The molecular formula is C15H22BrN3O2. The molecule has 0 radical (unpaired) electrons. The average Bonchev–Trinajstić information content (AvgIpc) is 3.35. The minimum atomic E-state index is -0.0446. The van der Waals surface area contributed by atoms with E-state index in [9.17, 15) is 4.79 Å². The first kappa shape index (κ1) is 15.0. The number of halogens is 1. The minimum absolute atomic E-state index is 0.0446. The van der Waals surface area contributed by atoms with Crippen molar-refractivity contribution in [2.75, 3.05) is 25.1 Å². The molecule has 1 heterocycles. The monoisotopic (exact) mass is 355 g/mol. The van der Waals surface area contributed by atoms with Crippen molar-refractivity contribution in [2.45, 2.75) is 38.6 Å². The molecule has 2 fully saturated rings. The van der Waals surface area contributed by atoms with Gasteiger partial charge in [0.25, 0.3) is 5.56 Å². The molecule has 0 aromatic carbocycles. The third kappa shape index (κ3) is 4.54. The van der Waals surface area contributed by atoms with Crippen LogP contribution in [0.5, 0.6) is 0 Å². The molecule has 1 aromatic rings. The number of nitrogens with one attached hydrogen (secondary N) is 1. The summed E-state index contributed by atoms with van der Waals surface area (Å²) in [5.41, 5.74) is 0.728. The van der Waals surface area contributed by atoms with E-state index in [1.807, 2.05) is 0 Å². The van der Waals surface area contributed by atoms with Gasteiger partial charge in [-0.05, 0) is 59.9 Å². The van der Waals surface area contributed by atoms with Gasteiger partial charge in [-0.1, -0.05) is 0 Å². The van der Waals surface area contributed by atoms with Crippen molar-refractivity contribution in [3.05, 3.63) is 21.0 Å². The highest BCUT2D eigenvalue weighted by molar-refractivity contribution is 9.10. The molecule has 1 aromatic heterocycles. The summed E-state index contributed by atoms with van der Waals surface area (Å²) in [7, 11) is 0. The van der Waals surface area contributed by atoms with Crippen LogP contribution in [0.4, 0.5) is 5.69 Å². The van der Waals surface area contributed by atoms with Gasteiger partial charge in [-0.15, -0.1) is 0 Å². The van der Waals surface area contributed by atoms with Gasteiger partial charge in [-0.25, -0.2) is 4.68 Å². The van der Waals surface area contributed by atoms with Crippen molar-refractivity contribution in [2.24, 2.45) is 11.8 Å². The maximum atomic E-state index is 12.2. The summed E-state index contributed by atoms with van der Waals surface area (Å²) in [4.78, 5) is 12.2. The molecule has 116 valence electrons. The summed E-state index contributed by atoms with van der Waals surface area (Å²) >= 11 is 3.38. The Kier molecular flexibility index (Phi) is 4.95. The molecule has 1 N–H and O–H groups in total. The van der Waals surface area contributed by atoms with Gasteiger partial charge < -0.3 is 10.1 Å². The molecule has 3 rings (SSSR count). The van der Waals surface area contributed by atoms with Crippen molar-refractivity contribution < 1.29 is 4.74 Å². The van der Waals surface area contributed by atoms with E-state index in [0.717, 1.165) is 44.3 Å². The normalized spacial score (nSPS) is 18.0. The van der Waals surface area contributed by atoms with Crippen molar-refractivity contribution in [3.63, 3.8) is 0 Å². The maximum Gasteiger partial charge on any atom is 0.283 e. The van der Waals surface area contributed by atoms with Crippen molar-refractivity contribution >= 4 is 21.6 Å². The van der Waals surface area contributed by atoms with Crippen molar-refractivity contribution in [3.8, 4) is 0 Å². The highest BCUT2D eigenvalue weighted by atomic mass is 79.9. The minimum Gasteiger partial charge on any atom is -0.383 e. The van der Waals surface area contributed by atoms with Gasteiger partial charge >= 0.3 is 0 Å². The zero-order valence-electron chi connectivity index (χ0n) is 12.2. The Labute approximate surface area is 133 Å². The molecule has 2 aliphatic rings. The van der Waals surface area contributed by atoms with Crippen LogP contribution >= 0.6 is 15.9 Å². The zero-order valence-corrected chi connectivity index (χ0v) is 13.8. The van der Waals surface area contributed by atoms with Crippen LogP contribution in [-0.2, 0) is 11.3 Å². The first-order valence-electron chi connectivity index (χ1n) is 7.81. The first-order valence-corrected chi connectivity index (χ1v) is 8.60. The SMILES string of the molecule is O=c1c(Br)c(NCCCOCC2CC2)cnn1CC1CC1. The second-order valence-electron chi connectivity index (χ2n) is 6.10. The predicted molar refractivity (Wildman–Crippen MR) is 85.6 cm³/mol. The Balaban J connectivity index is 1.43. The van der Waals surface area contributed by atoms with Crippen LogP contribution in [0.25, 0.3) is 0 Å².